The zero-order valence-corrected chi connectivity index (χ0v) is 19.0. The monoisotopic (exact) mass is 510 g/mol. The average Bonchev–Trinajstić information content (AvgIpc) is 2.81. The number of ether oxygens (including phenoxy) is 1. The summed E-state index contributed by atoms with van der Waals surface area (Å²) in [6.07, 6.45) is -5.73. The fourth-order valence-corrected chi connectivity index (χ4v) is 5.06. The van der Waals surface area contributed by atoms with Crippen LogP contribution in [0.4, 0.5) is 18.9 Å². The van der Waals surface area contributed by atoms with Crippen molar-refractivity contribution in [3.8, 4) is 5.75 Å². The molecule has 178 valence electrons. The smallest absolute Gasteiger partial charge is 0.416 e. The highest BCUT2D eigenvalue weighted by atomic mass is 35.5. The summed E-state index contributed by atoms with van der Waals surface area (Å²) >= 11 is 5.87. The number of benzene rings is 3. The summed E-state index contributed by atoms with van der Waals surface area (Å²) in [6, 6.07) is 16.5. The number of anilines is 1. The molecule has 3 aromatic carbocycles. The molecule has 0 aromatic heterocycles. The van der Waals surface area contributed by atoms with E-state index in [9.17, 15) is 26.4 Å². The van der Waals surface area contributed by atoms with E-state index in [1.54, 1.807) is 18.2 Å². The van der Waals surface area contributed by atoms with Crippen LogP contribution in [-0.4, -0.2) is 27.0 Å². The number of carbonyl (C=O) groups excluding carboxylic acids is 1. The van der Waals surface area contributed by atoms with Gasteiger partial charge in [-0.25, -0.2) is 8.42 Å². The van der Waals surface area contributed by atoms with Gasteiger partial charge in [0.1, 0.15) is 5.75 Å². The molecule has 1 heterocycles. The fourth-order valence-electron chi connectivity index (χ4n) is 3.46. The maximum absolute atomic E-state index is 13.3. The summed E-state index contributed by atoms with van der Waals surface area (Å²) in [5.74, 6) is -0.478. The van der Waals surface area contributed by atoms with Crippen molar-refractivity contribution in [1.29, 1.82) is 0 Å². The van der Waals surface area contributed by atoms with E-state index in [2.05, 4.69) is 5.32 Å². The number of nitrogens with one attached hydrogen (secondary N) is 1. The van der Waals surface area contributed by atoms with Crippen LogP contribution < -0.4 is 14.4 Å². The fraction of sp³-hybridized carbons (Fsp3) is 0.174. The summed E-state index contributed by atoms with van der Waals surface area (Å²) in [7, 11) is -4.06. The van der Waals surface area contributed by atoms with E-state index in [4.69, 9.17) is 16.3 Å². The van der Waals surface area contributed by atoms with E-state index >= 15 is 0 Å². The molecule has 0 unspecified atom stereocenters. The maximum atomic E-state index is 13.3. The van der Waals surface area contributed by atoms with Gasteiger partial charge in [0, 0.05) is 11.6 Å². The number of hydrogen-bond acceptors (Lipinski definition) is 4. The van der Waals surface area contributed by atoms with Gasteiger partial charge in [0.2, 0.25) is 0 Å². The Morgan fingerprint density at radius 2 is 1.76 bits per heavy atom. The molecular weight excluding hydrogens is 493 g/mol. The highest BCUT2D eigenvalue weighted by Gasteiger charge is 2.37. The molecule has 1 aliphatic heterocycles. The molecule has 1 aliphatic rings. The van der Waals surface area contributed by atoms with Crippen molar-refractivity contribution in [2.24, 2.45) is 0 Å². The predicted molar refractivity (Wildman–Crippen MR) is 120 cm³/mol. The van der Waals surface area contributed by atoms with Gasteiger partial charge in [0.15, 0.2) is 6.10 Å². The third-order valence-electron chi connectivity index (χ3n) is 5.15. The van der Waals surface area contributed by atoms with Crippen LogP contribution in [-0.2, 0) is 27.5 Å². The summed E-state index contributed by atoms with van der Waals surface area (Å²) in [5, 5.41) is 2.90. The SMILES string of the molecule is O=C(NCc1cccc(C(F)(F)F)c1)[C@H]1CN(S(=O)(=O)c2ccc(Cl)cc2)c2ccccc2O1. The molecule has 0 spiro atoms. The molecule has 0 fully saturated rings. The summed E-state index contributed by atoms with van der Waals surface area (Å²) in [4.78, 5) is 12.8. The second-order valence-corrected chi connectivity index (χ2v) is 9.78. The van der Waals surface area contributed by atoms with Crippen molar-refractivity contribution in [2.45, 2.75) is 23.7 Å². The molecule has 1 atom stereocenters. The van der Waals surface area contributed by atoms with Gasteiger partial charge >= 0.3 is 6.18 Å². The van der Waals surface area contributed by atoms with Crippen LogP contribution in [0.3, 0.4) is 0 Å². The molecule has 3 aromatic rings. The first-order valence-electron chi connectivity index (χ1n) is 10.0. The number of amides is 1. The van der Waals surface area contributed by atoms with Crippen molar-refractivity contribution >= 4 is 33.2 Å². The van der Waals surface area contributed by atoms with Gasteiger partial charge in [-0.3, -0.25) is 9.10 Å². The number of nitrogens with zero attached hydrogens (tertiary/aromatic N) is 1. The lowest BCUT2D eigenvalue weighted by molar-refractivity contribution is -0.137. The first kappa shape index (κ1) is 23.9. The summed E-state index contributed by atoms with van der Waals surface area (Å²) in [5.41, 5.74) is -0.327. The highest BCUT2D eigenvalue weighted by Crippen LogP contribution is 2.37. The van der Waals surface area contributed by atoms with E-state index in [1.807, 2.05) is 0 Å². The zero-order valence-electron chi connectivity index (χ0n) is 17.4. The lowest BCUT2D eigenvalue weighted by atomic mass is 10.1. The molecule has 1 N–H and O–H groups in total. The topological polar surface area (TPSA) is 75.7 Å². The molecule has 1 amide bonds. The lowest BCUT2D eigenvalue weighted by Crippen LogP contribution is -2.50. The van der Waals surface area contributed by atoms with Crippen molar-refractivity contribution in [3.05, 3.63) is 88.9 Å². The Kier molecular flexibility index (Phi) is 6.46. The van der Waals surface area contributed by atoms with E-state index in [1.165, 1.54) is 42.5 Å². The minimum atomic E-state index is -4.51. The number of alkyl halides is 3. The van der Waals surface area contributed by atoms with Gasteiger partial charge in [-0.15, -0.1) is 0 Å². The first-order valence-corrected chi connectivity index (χ1v) is 11.9. The van der Waals surface area contributed by atoms with E-state index in [-0.39, 0.29) is 35.0 Å². The van der Waals surface area contributed by atoms with E-state index < -0.39 is 33.8 Å². The molecular formula is C23H18ClF3N2O4S. The Bertz CT molecular complexity index is 1310. The Labute approximate surface area is 199 Å². The van der Waals surface area contributed by atoms with Gasteiger partial charge in [0.25, 0.3) is 15.9 Å². The van der Waals surface area contributed by atoms with Crippen molar-refractivity contribution < 1.29 is 31.1 Å². The number of fused-ring (bicyclic) bond motifs is 1. The largest absolute Gasteiger partial charge is 0.476 e. The molecule has 0 radical (unpaired) electrons. The number of para-hydroxylation sites is 2. The molecule has 0 saturated heterocycles. The number of carbonyl (C=O) groups is 1. The van der Waals surface area contributed by atoms with Gasteiger partial charge in [0.05, 0.1) is 22.7 Å². The van der Waals surface area contributed by atoms with Crippen LogP contribution in [0.2, 0.25) is 5.02 Å². The molecule has 34 heavy (non-hydrogen) atoms. The van der Waals surface area contributed by atoms with Crippen molar-refractivity contribution in [2.75, 3.05) is 10.8 Å². The van der Waals surface area contributed by atoms with Crippen LogP contribution in [0.25, 0.3) is 0 Å². The predicted octanol–water partition coefficient (Wildman–Crippen LogP) is 4.63. The third kappa shape index (κ3) is 4.97. The number of rotatable bonds is 5. The maximum Gasteiger partial charge on any atom is 0.416 e. The Balaban J connectivity index is 1.56. The number of hydrogen-bond donors (Lipinski definition) is 1. The molecule has 0 aliphatic carbocycles. The molecule has 0 bridgehead atoms. The minimum absolute atomic E-state index is 0.0169. The second kappa shape index (κ2) is 9.19. The van der Waals surface area contributed by atoms with Crippen molar-refractivity contribution in [3.63, 3.8) is 0 Å². The van der Waals surface area contributed by atoms with Crippen LogP contribution in [0, 0.1) is 0 Å². The molecule has 0 saturated carbocycles. The minimum Gasteiger partial charge on any atom is -0.476 e. The van der Waals surface area contributed by atoms with Gasteiger partial charge in [-0.2, -0.15) is 13.2 Å². The molecule has 6 nitrogen and oxygen atoms in total. The van der Waals surface area contributed by atoms with Gasteiger partial charge in [-0.05, 0) is 54.1 Å². The number of halogens is 4. The van der Waals surface area contributed by atoms with Crippen LogP contribution >= 0.6 is 11.6 Å². The quantitative estimate of drug-likeness (QED) is 0.543. The van der Waals surface area contributed by atoms with Gasteiger partial charge in [-0.1, -0.05) is 35.9 Å². The van der Waals surface area contributed by atoms with E-state index in [0.29, 0.717) is 5.02 Å². The normalized spacial score (nSPS) is 15.9. The van der Waals surface area contributed by atoms with Gasteiger partial charge < -0.3 is 10.1 Å². The van der Waals surface area contributed by atoms with Crippen LogP contribution in [0.5, 0.6) is 5.75 Å². The average molecular weight is 511 g/mol. The summed E-state index contributed by atoms with van der Waals surface area (Å²) in [6.45, 7) is -0.509. The Hall–Kier alpha value is -3.24. The molecule has 4 rings (SSSR count). The molecule has 11 heteroatoms. The third-order valence-corrected chi connectivity index (χ3v) is 7.20. The zero-order chi connectivity index (χ0) is 24.5. The van der Waals surface area contributed by atoms with Crippen LogP contribution in [0.1, 0.15) is 11.1 Å². The Morgan fingerprint density at radius 1 is 1.06 bits per heavy atom. The van der Waals surface area contributed by atoms with E-state index in [0.717, 1.165) is 16.4 Å². The summed E-state index contributed by atoms with van der Waals surface area (Å²) < 4.78 is 72.3. The van der Waals surface area contributed by atoms with Crippen LogP contribution in [0.15, 0.2) is 77.7 Å². The number of sulfonamides is 1. The Morgan fingerprint density at radius 3 is 2.47 bits per heavy atom. The highest BCUT2D eigenvalue weighted by molar-refractivity contribution is 7.92. The lowest BCUT2D eigenvalue weighted by Gasteiger charge is -2.34. The first-order chi connectivity index (χ1) is 16.1. The second-order valence-electron chi connectivity index (χ2n) is 7.48. The van der Waals surface area contributed by atoms with Crippen molar-refractivity contribution in [1.82, 2.24) is 5.32 Å². The standard InChI is InChI=1S/C23H18ClF3N2O4S/c24-17-8-10-18(11-9-17)34(31,32)29-14-21(33-20-7-2-1-6-19(20)29)22(30)28-13-15-4-3-5-16(12-15)23(25,26)27/h1-12,21H,13-14H2,(H,28,30)/t21-/m1/s1.